The summed E-state index contributed by atoms with van der Waals surface area (Å²) in [4.78, 5) is 14.7. The topological polar surface area (TPSA) is 92.3 Å². The molecule has 0 radical (unpaired) electrons. The van der Waals surface area contributed by atoms with E-state index in [1.54, 1.807) is 0 Å². The fourth-order valence-electron chi connectivity index (χ4n) is 0.965. The minimum Gasteiger partial charge on any atom is -0.462 e. The zero-order valence-electron chi connectivity index (χ0n) is 9.18. The zero-order valence-corrected chi connectivity index (χ0v) is 9.18. The van der Waals surface area contributed by atoms with E-state index in [-0.39, 0.29) is 25.7 Å². The summed E-state index contributed by atoms with van der Waals surface area (Å²) < 4.78 is 45.0. The number of hydrogen-bond donors (Lipinski definition) is 1. The standard InChI is InChI=1S/C8H11F3N4O3/c9-8(10,11)4-17-1-2-18-6(16)3-15-5-13-7(12)14-15/h5H,1-4H2,(H2,12,14). The van der Waals surface area contributed by atoms with Crippen molar-refractivity contribution in [1.82, 2.24) is 14.8 Å². The van der Waals surface area contributed by atoms with Crippen molar-refractivity contribution in [3.63, 3.8) is 0 Å². The van der Waals surface area contributed by atoms with E-state index < -0.39 is 18.8 Å². The molecule has 2 N–H and O–H groups in total. The highest BCUT2D eigenvalue weighted by atomic mass is 19.4. The number of carbonyl (C=O) groups excluding carboxylic acids is 1. The van der Waals surface area contributed by atoms with Crippen LogP contribution in [0.2, 0.25) is 0 Å². The van der Waals surface area contributed by atoms with Crippen LogP contribution in [0.5, 0.6) is 0 Å². The van der Waals surface area contributed by atoms with Crippen LogP contribution < -0.4 is 5.73 Å². The van der Waals surface area contributed by atoms with Crippen LogP contribution in [0.25, 0.3) is 0 Å². The monoisotopic (exact) mass is 268 g/mol. The molecule has 18 heavy (non-hydrogen) atoms. The van der Waals surface area contributed by atoms with Crippen LogP contribution in [0.3, 0.4) is 0 Å². The minimum absolute atomic E-state index is 0.0105. The number of ether oxygens (including phenoxy) is 2. The highest BCUT2D eigenvalue weighted by Crippen LogP contribution is 2.13. The second-order valence-electron chi connectivity index (χ2n) is 3.19. The SMILES string of the molecule is Nc1ncn(CC(=O)OCCOCC(F)(F)F)n1. The van der Waals surface area contributed by atoms with Crippen LogP contribution in [-0.4, -0.2) is 46.7 Å². The first kappa shape index (κ1) is 14.2. The highest BCUT2D eigenvalue weighted by molar-refractivity contribution is 5.68. The van der Waals surface area contributed by atoms with Crippen molar-refractivity contribution in [2.75, 3.05) is 25.6 Å². The molecule has 0 bridgehead atoms. The Morgan fingerprint density at radius 1 is 1.44 bits per heavy atom. The van der Waals surface area contributed by atoms with Gasteiger partial charge in [0.1, 0.15) is 26.1 Å². The van der Waals surface area contributed by atoms with E-state index in [1.807, 2.05) is 0 Å². The summed E-state index contributed by atoms with van der Waals surface area (Å²) in [6.45, 7) is -2.18. The Morgan fingerprint density at radius 2 is 2.17 bits per heavy atom. The maximum atomic E-state index is 11.7. The van der Waals surface area contributed by atoms with E-state index in [1.165, 1.54) is 6.33 Å². The smallest absolute Gasteiger partial charge is 0.411 e. The van der Waals surface area contributed by atoms with Crippen LogP contribution in [0.4, 0.5) is 19.1 Å². The van der Waals surface area contributed by atoms with Crippen LogP contribution in [0.1, 0.15) is 0 Å². The summed E-state index contributed by atoms with van der Waals surface area (Å²) in [5.74, 6) is -0.660. The van der Waals surface area contributed by atoms with Gasteiger partial charge in [-0.15, -0.1) is 5.10 Å². The molecular formula is C8H11F3N4O3. The van der Waals surface area contributed by atoms with Crippen LogP contribution in [0, 0.1) is 0 Å². The lowest BCUT2D eigenvalue weighted by Crippen LogP contribution is -2.21. The average Bonchev–Trinajstić information content (AvgIpc) is 2.61. The molecule has 0 saturated heterocycles. The van der Waals surface area contributed by atoms with Crippen molar-refractivity contribution in [3.05, 3.63) is 6.33 Å². The van der Waals surface area contributed by atoms with Gasteiger partial charge < -0.3 is 15.2 Å². The molecule has 0 amide bonds. The van der Waals surface area contributed by atoms with Gasteiger partial charge in [-0.05, 0) is 0 Å². The van der Waals surface area contributed by atoms with Crippen LogP contribution >= 0.6 is 0 Å². The number of carbonyl (C=O) groups is 1. The second kappa shape index (κ2) is 6.19. The molecule has 1 aromatic heterocycles. The third-order valence-electron chi connectivity index (χ3n) is 1.60. The fourth-order valence-corrected chi connectivity index (χ4v) is 0.965. The first-order chi connectivity index (χ1) is 8.37. The predicted molar refractivity (Wildman–Crippen MR) is 52.3 cm³/mol. The summed E-state index contributed by atoms with van der Waals surface area (Å²) in [5.41, 5.74) is 5.21. The summed E-state index contributed by atoms with van der Waals surface area (Å²) in [6, 6.07) is 0. The Morgan fingerprint density at radius 3 is 2.72 bits per heavy atom. The molecule has 0 aromatic carbocycles. The van der Waals surface area contributed by atoms with Gasteiger partial charge in [-0.2, -0.15) is 13.2 Å². The maximum absolute atomic E-state index is 11.7. The molecule has 1 aromatic rings. The van der Waals surface area contributed by atoms with E-state index >= 15 is 0 Å². The van der Waals surface area contributed by atoms with Gasteiger partial charge in [-0.25, -0.2) is 9.67 Å². The number of anilines is 1. The minimum atomic E-state index is -4.39. The number of esters is 1. The molecule has 7 nitrogen and oxygen atoms in total. The molecule has 0 aliphatic carbocycles. The van der Waals surface area contributed by atoms with Crippen LogP contribution in [-0.2, 0) is 20.8 Å². The normalized spacial score (nSPS) is 11.5. The van der Waals surface area contributed by atoms with E-state index in [9.17, 15) is 18.0 Å². The zero-order chi connectivity index (χ0) is 13.6. The van der Waals surface area contributed by atoms with Crippen molar-refractivity contribution >= 4 is 11.9 Å². The molecule has 1 rings (SSSR count). The summed E-state index contributed by atoms with van der Waals surface area (Å²) in [6.07, 6.45) is -3.15. The van der Waals surface area contributed by atoms with E-state index in [2.05, 4.69) is 19.6 Å². The van der Waals surface area contributed by atoms with Gasteiger partial charge in [0, 0.05) is 0 Å². The lowest BCUT2D eigenvalue weighted by atomic mass is 10.6. The molecule has 0 atom stereocenters. The number of halogens is 3. The number of nitrogens with zero attached hydrogens (tertiary/aromatic N) is 3. The van der Waals surface area contributed by atoms with E-state index in [0.717, 1.165) is 4.68 Å². The third kappa shape index (κ3) is 6.03. The molecule has 0 unspecified atom stereocenters. The van der Waals surface area contributed by atoms with E-state index in [4.69, 9.17) is 5.73 Å². The van der Waals surface area contributed by atoms with Crippen molar-refractivity contribution in [2.24, 2.45) is 0 Å². The van der Waals surface area contributed by atoms with Gasteiger partial charge in [-0.1, -0.05) is 0 Å². The number of hydrogen-bond acceptors (Lipinski definition) is 6. The number of rotatable bonds is 6. The number of nitrogens with two attached hydrogens (primary N) is 1. The van der Waals surface area contributed by atoms with Gasteiger partial charge in [0.05, 0.1) is 6.61 Å². The van der Waals surface area contributed by atoms with E-state index in [0.29, 0.717) is 0 Å². The van der Waals surface area contributed by atoms with Crippen LogP contribution in [0.15, 0.2) is 6.33 Å². The summed E-state index contributed by atoms with van der Waals surface area (Å²) in [7, 11) is 0. The first-order valence-corrected chi connectivity index (χ1v) is 4.82. The lowest BCUT2D eigenvalue weighted by molar-refractivity contribution is -0.177. The number of alkyl halides is 3. The highest BCUT2D eigenvalue weighted by Gasteiger charge is 2.27. The molecule has 0 aliphatic rings. The molecule has 0 saturated carbocycles. The molecule has 10 heteroatoms. The maximum Gasteiger partial charge on any atom is 0.411 e. The molecular weight excluding hydrogens is 257 g/mol. The Balaban J connectivity index is 2.11. The molecule has 0 fully saturated rings. The van der Waals surface area contributed by atoms with Crippen molar-refractivity contribution in [2.45, 2.75) is 12.7 Å². The Kier molecular flexibility index (Phi) is 4.89. The Hall–Kier alpha value is -1.84. The van der Waals surface area contributed by atoms with Gasteiger partial charge >= 0.3 is 12.1 Å². The van der Waals surface area contributed by atoms with Crippen molar-refractivity contribution in [3.8, 4) is 0 Å². The quantitative estimate of drug-likeness (QED) is 0.576. The number of nitrogen functional groups attached to an aromatic ring is 1. The second-order valence-corrected chi connectivity index (χ2v) is 3.19. The summed E-state index contributed by atoms with van der Waals surface area (Å²) >= 11 is 0. The van der Waals surface area contributed by atoms with Gasteiger partial charge in [0.25, 0.3) is 0 Å². The number of aromatic nitrogens is 3. The van der Waals surface area contributed by atoms with Gasteiger partial charge in [0.2, 0.25) is 5.95 Å². The molecule has 0 spiro atoms. The Labute approximate surface area is 99.7 Å². The van der Waals surface area contributed by atoms with Crippen molar-refractivity contribution < 1.29 is 27.4 Å². The predicted octanol–water partition coefficient (Wildman–Crippen LogP) is -0.0176. The lowest BCUT2D eigenvalue weighted by Gasteiger charge is -2.08. The summed E-state index contributed by atoms with van der Waals surface area (Å²) in [5, 5.41) is 3.63. The fraction of sp³-hybridized carbons (Fsp3) is 0.625. The molecule has 102 valence electrons. The van der Waals surface area contributed by atoms with Gasteiger partial charge in [-0.3, -0.25) is 4.79 Å². The third-order valence-corrected chi connectivity index (χ3v) is 1.60. The van der Waals surface area contributed by atoms with Gasteiger partial charge in [0.15, 0.2) is 0 Å². The molecule has 0 aliphatic heterocycles. The van der Waals surface area contributed by atoms with Crippen molar-refractivity contribution in [1.29, 1.82) is 0 Å². The largest absolute Gasteiger partial charge is 0.462 e. The average molecular weight is 268 g/mol. The Bertz CT molecular complexity index is 393. The first-order valence-electron chi connectivity index (χ1n) is 4.82. The molecule has 1 heterocycles.